The lowest BCUT2D eigenvalue weighted by Crippen LogP contribution is -2.19. The summed E-state index contributed by atoms with van der Waals surface area (Å²) in [6.45, 7) is 0. The van der Waals surface area contributed by atoms with Crippen molar-refractivity contribution in [1.82, 2.24) is 0 Å². The monoisotopic (exact) mass is 315 g/mol. The first kappa shape index (κ1) is 15.2. The fraction of sp³-hybridized carbons (Fsp3) is 0.0714. The molecule has 0 bridgehead atoms. The molecule has 0 aliphatic rings. The number of para-hydroxylation sites is 1. The van der Waals surface area contributed by atoms with Gasteiger partial charge in [0.15, 0.2) is 5.78 Å². The predicted octanol–water partition coefficient (Wildman–Crippen LogP) is 4.05. The molecule has 0 radical (unpaired) electrons. The van der Waals surface area contributed by atoms with Crippen LogP contribution in [0.4, 0.5) is 18.9 Å². The molecule has 0 amide bonds. The molecule has 0 saturated heterocycles. The highest BCUT2D eigenvalue weighted by Gasteiger charge is 2.33. The number of benzene rings is 2. The second kappa shape index (κ2) is 5.65. The standard InChI is InChI=1S/C14H9ClF3NO2/c15-8-5-6-11(19)10(7-8)13(20)9-3-1-2-4-12(9)21-14(16,17)18/h1-7H,19H2. The Morgan fingerprint density at radius 1 is 1.10 bits per heavy atom. The second-order valence-electron chi connectivity index (χ2n) is 4.10. The van der Waals surface area contributed by atoms with Crippen LogP contribution < -0.4 is 10.5 Å². The van der Waals surface area contributed by atoms with E-state index in [4.69, 9.17) is 17.3 Å². The molecule has 0 aromatic heterocycles. The number of ketones is 1. The van der Waals surface area contributed by atoms with E-state index in [1.54, 1.807) is 0 Å². The lowest BCUT2D eigenvalue weighted by Gasteiger charge is -2.13. The third-order valence-corrected chi connectivity index (χ3v) is 2.85. The molecule has 0 saturated carbocycles. The van der Waals surface area contributed by atoms with Crippen LogP contribution in [0.25, 0.3) is 0 Å². The average Bonchev–Trinajstić information content (AvgIpc) is 2.39. The Morgan fingerprint density at radius 3 is 2.43 bits per heavy atom. The number of nitrogen functional groups attached to an aromatic ring is 1. The molecule has 2 rings (SSSR count). The molecule has 0 heterocycles. The fourth-order valence-electron chi connectivity index (χ4n) is 1.74. The van der Waals surface area contributed by atoms with Crippen molar-refractivity contribution in [2.45, 2.75) is 6.36 Å². The van der Waals surface area contributed by atoms with Gasteiger partial charge in [0.1, 0.15) is 5.75 Å². The minimum Gasteiger partial charge on any atom is -0.405 e. The van der Waals surface area contributed by atoms with Gasteiger partial charge in [0.05, 0.1) is 5.56 Å². The number of carbonyl (C=O) groups excluding carboxylic acids is 1. The number of carbonyl (C=O) groups is 1. The molecule has 0 atom stereocenters. The van der Waals surface area contributed by atoms with Crippen molar-refractivity contribution in [3.63, 3.8) is 0 Å². The van der Waals surface area contributed by atoms with Gasteiger partial charge in [0.25, 0.3) is 0 Å². The number of ether oxygens (including phenoxy) is 1. The third kappa shape index (κ3) is 3.66. The summed E-state index contributed by atoms with van der Waals surface area (Å²) >= 11 is 5.78. The minimum absolute atomic E-state index is 0.0146. The summed E-state index contributed by atoms with van der Waals surface area (Å²) in [5.41, 5.74) is 5.55. The van der Waals surface area contributed by atoms with Crippen LogP contribution in [0.3, 0.4) is 0 Å². The summed E-state index contributed by atoms with van der Waals surface area (Å²) in [7, 11) is 0. The van der Waals surface area contributed by atoms with E-state index in [1.165, 1.54) is 36.4 Å². The average molecular weight is 316 g/mol. The Kier molecular flexibility index (Phi) is 4.09. The van der Waals surface area contributed by atoms with Crippen molar-refractivity contribution in [2.24, 2.45) is 0 Å². The molecule has 2 aromatic rings. The maximum Gasteiger partial charge on any atom is 0.573 e. The zero-order chi connectivity index (χ0) is 15.6. The van der Waals surface area contributed by atoms with Crippen molar-refractivity contribution < 1.29 is 22.7 Å². The number of hydrogen-bond donors (Lipinski definition) is 1. The van der Waals surface area contributed by atoms with Gasteiger partial charge in [0.2, 0.25) is 0 Å². The molecular formula is C14H9ClF3NO2. The first-order valence-corrected chi connectivity index (χ1v) is 6.10. The van der Waals surface area contributed by atoms with Crippen LogP contribution in [0.5, 0.6) is 5.75 Å². The smallest absolute Gasteiger partial charge is 0.405 e. The summed E-state index contributed by atoms with van der Waals surface area (Å²) in [6.07, 6.45) is -4.89. The van der Waals surface area contributed by atoms with Crippen LogP contribution in [0.15, 0.2) is 42.5 Å². The van der Waals surface area contributed by atoms with Crippen LogP contribution in [-0.4, -0.2) is 12.1 Å². The summed E-state index contributed by atoms with van der Waals surface area (Å²) in [6, 6.07) is 9.22. The van der Waals surface area contributed by atoms with E-state index in [1.807, 2.05) is 0 Å². The molecule has 2 aromatic carbocycles. The predicted molar refractivity (Wildman–Crippen MR) is 72.4 cm³/mol. The maximum absolute atomic E-state index is 12.4. The number of nitrogens with two attached hydrogens (primary N) is 1. The number of halogens is 4. The number of alkyl halides is 3. The van der Waals surface area contributed by atoms with Crippen molar-refractivity contribution in [3.05, 3.63) is 58.6 Å². The molecular weight excluding hydrogens is 307 g/mol. The Morgan fingerprint density at radius 2 is 1.76 bits per heavy atom. The van der Waals surface area contributed by atoms with Gasteiger partial charge < -0.3 is 10.5 Å². The molecule has 2 N–H and O–H groups in total. The SMILES string of the molecule is Nc1ccc(Cl)cc1C(=O)c1ccccc1OC(F)(F)F. The third-order valence-electron chi connectivity index (χ3n) is 2.62. The summed E-state index contributed by atoms with van der Waals surface area (Å²) in [5, 5.41) is 0.252. The Bertz CT molecular complexity index is 686. The highest BCUT2D eigenvalue weighted by atomic mass is 35.5. The van der Waals surface area contributed by atoms with Gasteiger partial charge in [-0.3, -0.25) is 4.79 Å². The van der Waals surface area contributed by atoms with E-state index in [9.17, 15) is 18.0 Å². The van der Waals surface area contributed by atoms with Gasteiger partial charge >= 0.3 is 6.36 Å². The fourth-order valence-corrected chi connectivity index (χ4v) is 1.91. The molecule has 3 nitrogen and oxygen atoms in total. The zero-order valence-electron chi connectivity index (χ0n) is 10.4. The van der Waals surface area contributed by atoms with Gasteiger partial charge in [-0.1, -0.05) is 23.7 Å². The van der Waals surface area contributed by atoms with Gasteiger partial charge in [-0.25, -0.2) is 0 Å². The Hall–Kier alpha value is -2.21. The second-order valence-corrected chi connectivity index (χ2v) is 4.54. The van der Waals surface area contributed by atoms with Gasteiger partial charge in [-0.15, -0.1) is 13.2 Å². The van der Waals surface area contributed by atoms with Crippen LogP contribution in [0.2, 0.25) is 5.02 Å². The highest BCUT2D eigenvalue weighted by molar-refractivity contribution is 6.31. The molecule has 21 heavy (non-hydrogen) atoms. The maximum atomic E-state index is 12.4. The van der Waals surface area contributed by atoms with Crippen LogP contribution in [-0.2, 0) is 0 Å². The van der Waals surface area contributed by atoms with E-state index in [0.29, 0.717) is 0 Å². The number of rotatable bonds is 3. The molecule has 0 spiro atoms. The van der Waals surface area contributed by atoms with Gasteiger partial charge in [-0.05, 0) is 30.3 Å². The van der Waals surface area contributed by atoms with Crippen molar-refractivity contribution in [1.29, 1.82) is 0 Å². The van der Waals surface area contributed by atoms with Crippen molar-refractivity contribution >= 4 is 23.1 Å². The molecule has 110 valence electrons. The summed E-state index contributed by atoms with van der Waals surface area (Å²) in [4.78, 5) is 12.3. The first-order valence-electron chi connectivity index (χ1n) is 5.72. The molecule has 0 aliphatic carbocycles. The topological polar surface area (TPSA) is 52.3 Å². The van der Waals surface area contributed by atoms with Crippen LogP contribution in [0, 0.1) is 0 Å². The van der Waals surface area contributed by atoms with Gasteiger partial charge in [0, 0.05) is 16.3 Å². The zero-order valence-corrected chi connectivity index (χ0v) is 11.2. The van der Waals surface area contributed by atoms with E-state index in [-0.39, 0.29) is 21.8 Å². The van der Waals surface area contributed by atoms with Crippen LogP contribution in [0.1, 0.15) is 15.9 Å². The molecule has 0 fully saturated rings. The largest absolute Gasteiger partial charge is 0.573 e. The van der Waals surface area contributed by atoms with Crippen LogP contribution >= 0.6 is 11.6 Å². The van der Waals surface area contributed by atoms with Crippen molar-refractivity contribution in [2.75, 3.05) is 5.73 Å². The highest BCUT2D eigenvalue weighted by Crippen LogP contribution is 2.29. The summed E-state index contributed by atoms with van der Waals surface area (Å²) in [5.74, 6) is -1.29. The Balaban J connectivity index is 2.46. The Labute approximate surface area is 123 Å². The van der Waals surface area contributed by atoms with E-state index < -0.39 is 17.9 Å². The quantitative estimate of drug-likeness (QED) is 0.686. The van der Waals surface area contributed by atoms with Gasteiger partial charge in [-0.2, -0.15) is 0 Å². The number of hydrogen-bond acceptors (Lipinski definition) is 3. The molecule has 7 heteroatoms. The van der Waals surface area contributed by atoms with E-state index in [0.717, 1.165) is 6.07 Å². The summed E-state index contributed by atoms with van der Waals surface area (Å²) < 4.78 is 40.9. The van der Waals surface area contributed by atoms with Crippen molar-refractivity contribution in [3.8, 4) is 5.75 Å². The molecule has 0 unspecified atom stereocenters. The normalized spacial score (nSPS) is 11.2. The number of anilines is 1. The van der Waals surface area contributed by atoms with E-state index in [2.05, 4.69) is 4.74 Å². The minimum atomic E-state index is -4.89. The molecule has 0 aliphatic heterocycles. The van der Waals surface area contributed by atoms with E-state index >= 15 is 0 Å². The lowest BCUT2D eigenvalue weighted by atomic mass is 10.0. The first-order chi connectivity index (χ1) is 9.78. The lowest BCUT2D eigenvalue weighted by molar-refractivity contribution is -0.274.